The summed E-state index contributed by atoms with van der Waals surface area (Å²) < 4.78 is 0. The average molecular weight is 276 g/mol. The van der Waals surface area contributed by atoms with Gasteiger partial charge in [0.05, 0.1) is 0 Å². The Morgan fingerprint density at radius 1 is 0.950 bits per heavy atom. The lowest BCUT2D eigenvalue weighted by Crippen LogP contribution is -2.13. The highest BCUT2D eigenvalue weighted by Crippen LogP contribution is 2.32. The Labute approximate surface area is 125 Å². The molecule has 0 atom stereocenters. The summed E-state index contributed by atoms with van der Waals surface area (Å²) >= 11 is 0. The van der Waals surface area contributed by atoms with Crippen molar-refractivity contribution >= 4 is 5.78 Å². The van der Waals surface area contributed by atoms with Crippen LogP contribution >= 0.6 is 0 Å². The zero-order chi connectivity index (χ0) is 14.2. The number of hydrogen-bond donors (Lipinski definition) is 0. The van der Waals surface area contributed by atoms with Crippen molar-refractivity contribution < 1.29 is 4.79 Å². The maximum atomic E-state index is 11.2. The molecular formula is C19H32O. The van der Waals surface area contributed by atoms with Gasteiger partial charge in [0.25, 0.3) is 0 Å². The van der Waals surface area contributed by atoms with Gasteiger partial charge >= 0.3 is 0 Å². The molecule has 20 heavy (non-hydrogen) atoms. The quantitative estimate of drug-likeness (QED) is 0.570. The Morgan fingerprint density at radius 3 is 2.25 bits per heavy atom. The predicted octanol–water partition coefficient (Wildman–Crippen LogP) is 5.69. The minimum absolute atomic E-state index is 0.487. The van der Waals surface area contributed by atoms with Crippen molar-refractivity contribution in [3.05, 3.63) is 12.2 Å². The third kappa shape index (κ3) is 5.42. The summed E-state index contributed by atoms with van der Waals surface area (Å²) in [5.74, 6) is 3.18. The second kappa shape index (κ2) is 8.64. The molecule has 1 nitrogen and oxygen atoms in total. The molecule has 2 saturated carbocycles. The number of hydrogen-bond acceptors (Lipinski definition) is 1. The van der Waals surface area contributed by atoms with E-state index in [1.54, 1.807) is 0 Å². The average Bonchev–Trinajstić information content (AvgIpc) is 2.47. The molecule has 2 rings (SSSR count). The van der Waals surface area contributed by atoms with E-state index in [4.69, 9.17) is 0 Å². The van der Waals surface area contributed by atoms with Gasteiger partial charge in [-0.3, -0.25) is 4.79 Å². The van der Waals surface area contributed by atoms with E-state index in [9.17, 15) is 4.79 Å². The number of ketones is 1. The van der Waals surface area contributed by atoms with Gasteiger partial charge in [-0.25, -0.2) is 0 Å². The lowest BCUT2D eigenvalue weighted by Gasteiger charge is -2.26. The summed E-state index contributed by atoms with van der Waals surface area (Å²) in [6.45, 7) is 2.31. The summed E-state index contributed by atoms with van der Waals surface area (Å²) in [4.78, 5) is 11.2. The van der Waals surface area contributed by atoms with Gasteiger partial charge in [-0.2, -0.15) is 0 Å². The maximum Gasteiger partial charge on any atom is 0.132 e. The molecule has 0 N–H and O–H groups in total. The van der Waals surface area contributed by atoms with Crippen molar-refractivity contribution in [2.24, 2.45) is 17.8 Å². The molecule has 2 aliphatic rings. The Morgan fingerprint density at radius 2 is 1.60 bits per heavy atom. The van der Waals surface area contributed by atoms with Gasteiger partial charge in [-0.15, -0.1) is 0 Å². The standard InChI is InChI=1S/C19H32O/c1-2-5-16-8-10-17(11-9-16)6-3-4-7-18-12-14-19(20)15-13-18/h3,6,16-18H,2,4-5,7-15H2,1H3. The molecule has 0 spiro atoms. The third-order valence-corrected chi connectivity index (χ3v) is 5.40. The van der Waals surface area contributed by atoms with Gasteiger partial charge in [0, 0.05) is 12.8 Å². The van der Waals surface area contributed by atoms with E-state index in [-0.39, 0.29) is 0 Å². The molecule has 0 bridgehead atoms. The van der Waals surface area contributed by atoms with Crippen molar-refractivity contribution in [2.75, 3.05) is 0 Å². The molecule has 2 aliphatic carbocycles. The van der Waals surface area contributed by atoms with Crippen LogP contribution in [0.15, 0.2) is 12.2 Å². The summed E-state index contributed by atoms with van der Waals surface area (Å²) in [6.07, 6.45) is 20.0. The van der Waals surface area contributed by atoms with Gasteiger partial charge in [0.1, 0.15) is 5.78 Å². The van der Waals surface area contributed by atoms with Gasteiger partial charge in [0.15, 0.2) is 0 Å². The first-order valence-corrected chi connectivity index (χ1v) is 8.96. The largest absolute Gasteiger partial charge is 0.300 e. The van der Waals surface area contributed by atoms with E-state index in [1.807, 2.05) is 0 Å². The third-order valence-electron chi connectivity index (χ3n) is 5.40. The summed E-state index contributed by atoms with van der Waals surface area (Å²) in [5.41, 5.74) is 0. The van der Waals surface area contributed by atoms with Crippen LogP contribution in [0.2, 0.25) is 0 Å². The molecule has 0 aromatic heterocycles. The second-order valence-corrected chi connectivity index (χ2v) is 7.06. The number of carbonyl (C=O) groups excluding carboxylic acids is 1. The smallest absolute Gasteiger partial charge is 0.132 e. The van der Waals surface area contributed by atoms with Crippen LogP contribution in [-0.4, -0.2) is 5.78 Å². The van der Waals surface area contributed by atoms with Crippen LogP contribution in [0.1, 0.15) is 84.0 Å². The first-order chi connectivity index (χ1) is 9.78. The zero-order valence-electron chi connectivity index (χ0n) is 13.3. The SMILES string of the molecule is CCCC1CCC(C=CCCC2CCC(=O)CC2)CC1. The van der Waals surface area contributed by atoms with Crippen molar-refractivity contribution in [2.45, 2.75) is 84.0 Å². The first-order valence-electron chi connectivity index (χ1n) is 8.96. The first kappa shape index (κ1) is 15.8. The van der Waals surface area contributed by atoms with Crippen LogP contribution in [0.4, 0.5) is 0 Å². The lowest BCUT2D eigenvalue weighted by molar-refractivity contribution is -0.121. The van der Waals surface area contributed by atoms with Crippen molar-refractivity contribution in [1.29, 1.82) is 0 Å². The molecule has 2 fully saturated rings. The van der Waals surface area contributed by atoms with Crippen LogP contribution < -0.4 is 0 Å². The van der Waals surface area contributed by atoms with Crippen LogP contribution in [0.25, 0.3) is 0 Å². The fraction of sp³-hybridized carbons (Fsp3) is 0.842. The van der Waals surface area contributed by atoms with Crippen molar-refractivity contribution in [3.8, 4) is 0 Å². The Balaban J connectivity index is 1.56. The van der Waals surface area contributed by atoms with Crippen molar-refractivity contribution in [1.82, 2.24) is 0 Å². The van der Waals surface area contributed by atoms with E-state index >= 15 is 0 Å². The van der Waals surface area contributed by atoms with E-state index in [0.717, 1.165) is 43.4 Å². The molecule has 0 aliphatic heterocycles. The van der Waals surface area contributed by atoms with Crippen LogP contribution in [0.5, 0.6) is 0 Å². The van der Waals surface area contributed by atoms with E-state index in [2.05, 4.69) is 19.1 Å². The van der Waals surface area contributed by atoms with Crippen LogP contribution in [0.3, 0.4) is 0 Å². The number of rotatable bonds is 6. The lowest BCUT2D eigenvalue weighted by atomic mass is 9.80. The highest BCUT2D eigenvalue weighted by Gasteiger charge is 2.19. The summed E-state index contributed by atoms with van der Waals surface area (Å²) in [7, 11) is 0. The highest BCUT2D eigenvalue weighted by atomic mass is 16.1. The van der Waals surface area contributed by atoms with Gasteiger partial charge in [-0.1, -0.05) is 31.9 Å². The molecule has 0 unspecified atom stereocenters. The Hall–Kier alpha value is -0.590. The summed E-state index contributed by atoms with van der Waals surface area (Å²) in [6, 6.07) is 0. The minimum Gasteiger partial charge on any atom is -0.300 e. The molecule has 0 amide bonds. The molecule has 0 heterocycles. The van der Waals surface area contributed by atoms with Gasteiger partial charge in [-0.05, 0) is 69.1 Å². The topological polar surface area (TPSA) is 17.1 Å². The summed E-state index contributed by atoms with van der Waals surface area (Å²) in [5, 5.41) is 0. The maximum absolute atomic E-state index is 11.2. The monoisotopic (exact) mass is 276 g/mol. The number of carbonyl (C=O) groups is 1. The van der Waals surface area contributed by atoms with Crippen LogP contribution in [-0.2, 0) is 4.79 Å². The highest BCUT2D eigenvalue weighted by molar-refractivity contribution is 5.78. The predicted molar refractivity (Wildman–Crippen MR) is 85.7 cm³/mol. The van der Waals surface area contributed by atoms with Crippen LogP contribution in [0, 0.1) is 17.8 Å². The molecule has 114 valence electrons. The molecule has 1 heteroatoms. The van der Waals surface area contributed by atoms with E-state index in [0.29, 0.717) is 5.78 Å². The fourth-order valence-electron chi connectivity index (χ4n) is 3.99. The zero-order valence-corrected chi connectivity index (χ0v) is 13.3. The second-order valence-electron chi connectivity index (χ2n) is 7.06. The Bertz CT molecular complexity index is 300. The number of Topliss-reactive ketones (excluding diaryl/α,β-unsaturated/α-hetero) is 1. The molecular weight excluding hydrogens is 244 g/mol. The van der Waals surface area contributed by atoms with Gasteiger partial charge in [0.2, 0.25) is 0 Å². The van der Waals surface area contributed by atoms with Gasteiger partial charge < -0.3 is 0 Å². The Kier molecular flexibility index (Phi) is 6.82. The normalized spacial score (nSPS) is 29.1. The van der Waals surface area contributed by atoms with E-state index < -0.39 is 0 Å². The van der Waals surface area contributed by atoms with Crippen molar-refractivity contribution in [3.63, 3.8) is 0 Å². The van der Waals surface area contributed by atoms with E-state index in [1.165, 1.54) is 51.4 Å². The number of allylic oxidation sites excluding steroid dienone is 2. The molecule has 0 radical (unpaired) electrons. The minimum atomic E-state index is 0.487. The fourth-order valence-corrected chi connectivity index (χ4v) is 3.99. The molecule has 0 aromatic carbocycles. The molecule has 0 aromatic rings. The molecule has 0 saturated heterocycles.